The normalized spacial score (nSPS) is 15.2. The summed E-state index contributed by atoms with van der Waals surface area (Å²) in [4.78, 5) is 2.80. The van der Waals surface area contributed by atoms with Gasteiger partial charge in [0.2, 0.25) is 0 Å². The van der Waals surface area contributed by atoms with Gasteiger partial charge in [-0.15, -0.1) is 0 Å². The molecule has 4 heteroatoms. The molecule has 0 radical (unpaired) electrons. The first-order chi connectivity index (χ1) is 25.8. The summed E-state index contributed by atoms with van der Waals surface area (Å²) in [5.41, 5.74) is 6.19. The summed E-state index contributed by atoms with van der Waals surface area (Å²) < 4.78 is 2.41. The molecule has 1 aromatic heterocycles. The molecule has 0 saturated carbocycles. The van der Waals surface area contributed by atoms with E-state index in [9.17, 15) is 0 Å². The van der Waals surface area contributed by atoms with E-state index in [1.807, 2.05) is 11.8 Å². The average molecular weight is 712 g/mol. The summed E-state index contributed by atoms with van der Waals surface area (Å²) in [7, 11) is -4.48. The monoisotopic (exact) mass is 711 g/mol. The smallest absolute Gasteiger partial charge is 0.181 e. The Hall–Kier alpha value is -5.66. The van der Waals surface area contributed by atoms with Gasteiger partial charge in [-0.1, -0.05) is 185 Å². The van der Waals surface area contributed by atoms with Gasteiger partial charge in [-0.25, -0.2) is 0 Å². The van der Waals surface area contributed by atoms with Crippen molar-refractivity contribution < 1.29 is 0 Å². The summed E-state index contributed by atoms with van der Waals surface area (Å²) >= 11 is 1.94. The van der Waals surface area contributed by atoms with Gasteiger partial charge in [0.1, 0.15) is 8.80 Å². The number of benzene rings is 8. The molecule has 11 rings (SSSR count). The van der Waals surface area contributed by atoms with Gasteiger partial charge < -0.3 is 4.57 Å². The van der Waals surface area contributed by atoms with Crippen LogP contribution in [0.15, 0.2) is 204 Å². The molecule has 2 aliphatic rings. The van der Waals surface area contributed by atoms with Crippen LogP contribution in [0.1, 0.15) is 0 Å². The standard InChI is InChI=1S/C48H33NSSi2/c1-2-14-36(15-3-1)51-43-22-10-13-25-47(43)52(45-23-11-8-20-41(45)50-42-21-9-12-24-46(42)52)48-32-34(28-31-44(48)51)33-26-29-35(30-27-33)49-39-18-6-4-16-37(39)38-17-5-7-19-40(38)49/h1-32,51H. The molecular formula is C48H33NSSi2. The van der Waals surface area contributed by atoms with Crippen molar-refractivity contribution in [2.75, 3.05) is 0 Å². The van der Waals surface area contributed by atoms with E-state index >= 15 is 0 Å². The van der Waals surface area contributed by atoms with E-state index in [1.165, 1.54) is 64.0 Å². The van der Waals surface area contributed by atoms with Crippen LogP contribution in [0.4, 0.5) is 0 Å². The van der Waals surface area contributed by atoms with Crippen LogP contribution in [0.5, 0.6) is 0 Å². The summed E-state index contributed by atoms with van der Waals surface area (Å²) in [5, 5.41) is 13.4. The first-order valence-electron chi connectivity index (χ1n) is 18.1. The van der Waals surface area contributed by atoms with Crippen molar-refractivity contribution in [2.24, 2.45) is 0 Å². The number of rotatable bonds is 3. The highest BCUT2D eigenvalue weighted by molar-refractivity contribution is 8.00. The zero-order valence-corrected chi connectivity index (χ0v) is 31.4. The molecule has 1 atom stereocenters. The molecule has 0 aliphatic carbocycles. The fraction of sp³-hybridized carbons (Fsp3) is 0. The van der Waals surface area contributed by atoms with Crippen LogP contribution in [0.2, 0.25) is 0 Å². The minimum absolute atomic E-state index is 1.18. The van der Waals surface area contributed by atoms with Crippen LogP contribution in [-0.4, -0.2) is 21.4 Å². The Kier molecular flexibility index (Phi) is 6.75. The number of para-hydroxylation sites is 2. The Bertz CT molecular complexity index is 2740. The lowest BCUT2D eigenvalue weighted by atomic mass is 10.1. The number of hydrogen-bond acceptors (Lipinski definition) is 1. The highest BCUT2D eigenvalue weighted by atomic mass is 32.2. The van der Waals surface area contributed by atoms with E-state index in [0.717, 1.165) is 0 Å². The predicted molar refractivity (Wildman–Crippen MR) is 226 cm³/mol. The Morgan fingerprint density at radius 1 is 0.404 bits per heavy atom. The summed E-state index contributed by atoms with van der Waals surface area (Å²) in [6, 6.07) is 73.7. The van der Waals surface area contributed by atoms with Gasteiger partial charge in [0.25, 0.3) is 0 Å². The van der Waals surface area contributed by atoms with E-state index in [1.54, 1.807) is 20.7 Å². The van der Waals surface area contributed by atoms with Crippen molar-refractivity contribution in [3.8, 4) is 16.8 Å². The number of nitrogens with zero attached hydrogens (tertiary/aromatic N) is 1. The molecular weight excluding hydrogens is 679 g/mol. The summed E-state index contributed by atoms with van der Waals surface area (Å²) in [5.74, 6) is 0. The number of aromatic nitrogens is 1. The van der Waals surface area contributed by atoms with Crippen molar-refractivity contribution in [2.45, 2.75) is 9.79 Å². The van der Waals surface area contributed by atoms with Crippen LogP contribution in [-0.2, 0) is 0 Å². The van der Waals surface area contributed by atoms with Gasteiger partial charge in [-0.3, -0.25) is 0 Å². The molecule has 0 N–H and O–H groups in total. The molecule has 0 fully saturated rings. The average Bonchev–Trinajstić information content (AvgIpc) is 3.55. The van der Waals surface area contributed by atoms with Crippen LogP contribution in [0.25, 0.3) is 38.6 Å². The molecule has 8 aromatic carbocycles. The maximum atomic E-state index is 2.61. The molecule has 2 aliphatic heterocycles. The molecule has 0 saturated heterocycles. The molecule has 9 aromatic rings. The minimum atomic E-state index is -2.70. The lowest BCUT2D eigenvalue weighted by Crippen LogP contribution is -2.87. The Morgan fingerprint density at radius 2 is 0.923 bits per heavy atom. The molecule has 244 valence electrons. The SMILES string of the molecule is c1ccc([SiH]2c3ccccc3[Si]3(c4ccccc4Sc4ccccc43)c3cc(-c4ccc(-n5c6ccccc6c6ccccc65)cc4)ccc32)cc1. The summed E-state index contributed by atoms with van der Waals surface area (Å²) in [6.07, 6.45) is 0. The van der Waals surface area contributed by atoms with E-state index < -0.39 is 16.9 Å². The van der Waals surface area contributed by atoms with E-state index in [4.69, 9.17) is 0 Å². The fourth-order valence-corrected chi connectivity index (χ4v) is 21.7. The molecule has 52 heavy (non-hydrogen) atoms. The zero-order chi connectivity index (χ0) is 34.2. The van der Waals surface area contributed by atoms with Crippen molar-refractivity contribution in [1.82, 2.24) is 4.57 Å². The van der Waals surface area contributed by atoms with Crippen molar-refractivity contribution in [3.63, 3.8) is 0 Å². The molecule has 3 heterocycles. The Balaban J connectivity index is 1.16. The van der Waals surface area contributed by atoms with Gasteiger partial charge in [0, 0.05) is 26.3 Å². The van der Waals surface area contributed by atoms with Crippen LogP contribution in [0, 0.1) is 0 Å². The number of fused-ring (bicyclic) bond motifs is 11. The van der Waals surface area contributed by atoms with Crippen molar-refractivity contribution in [1.29, 1.82) is 0 Å². The highest BCUT2D eigenvalue weighted by Gasteiger charge is 2.52. The third kappa shape index (κ3) is 4.23. The highest BCUT2D eigenvalue weighted by Crippen LogP contribution is 2.35. The van der Waals surface area contributed by atoms with Gasteiger partial charge >= 0.3 is 0 Å². The fourth-order valence-electron chi connectivity index (χ4n) is 9.30. The topological polar surface area (TPSA) is 4.93 Å². The van der Waals surface area contributed by atoms with Crippen molar-refractivity contribution >= 4 is 86.7 Å². The quantitative estimate of drug-likeness (QED) is 0.182. The second kappa shape index (κ2) is 11.7. The first-order valence-corrected chi connectivity index (χ1v) is 22.6. The maximum Gasteiger partial charge on any atom is 0.181 e. The third-order valence-corrected chi connectivity index (χ3v) is 21.8. The van der Waals surface area contributed by atoms with Gasteiger partial charge in [0.05, 0.1) is 11.0 Å². The summed E-state index contributed by atoms with van der Waals surface area (Å²) in [6.45, 7) is 0. The van der Waals surface area contributed by atoms with Gasteiger partial charge in [-0.05, 0) is 68.3 Å². The minimum Gasteiger partial charge on any atom is -0.309 e. The van der Waals surface area contributed by atoms with Gasteiger partial charge in [0.15, 0.2) is 8.07 Å². The largest absolute Gasteiger partial charge is 0.309 e. The molecule has 0 bridgehead atoms. The van der Waals surface area contributed by atoms with E-state index in [0.29, 0.717) is 0 Å². The first kappa shape index (κ1) is 30.0. The molecule has 1 spiro atoms. The lowest BCUT2D eigenvalue weighted by molar-refractivity contribution is 1.18. The maximum absolute atomic E-state index is 2.70. The lowest BCUT2D eigenvalue weighted by Gasteiger charge is -2.46. The number of hydrogen-bond donors (Lipinski definition) is 0. The van der Waals surface area contributed by atoms with E-state index in [2.05, 4.69) is 199 Å². The Labute approximate surface area is 310 Å². The molecule has 1 unspecified atom stereocenters. The predicted octanol–water partition coefficient (Wildman–Crippen LogP) is 6.85. The van der Waals surface area contributed by atoms with Crippen LogP contribution in [0.3, 0.4) is 0 Å². The third-order valence-electron chi connectivity index (χ3n) is 11.4. The second-order valence-electron chi connectivity index (χ2n) is 14.0. The van der Waals surface area contributed by atoms with Gasteiger partial charge in [-0.2, -0.15) is 0 Å². The van der Waals surface area contributed by atoms with E-state index in [-0.39, 0.29) is 0 Å². The Morgan fingerprint density at radius 3 is 1.60 bits per heavy atom. The van der Waals surface area contributed by atoms with Crippen LogP contribution >= 0.6 is 11.8 Å². The van der Waals surface area contributed by atoms with Crippen LogP contribution < -0.4 is 36.3 Å². The van der Waals surface area contributed by atoms with Crippen molar-refractivity contribution in [3.05, 3.63) is 194 Å². The zero-order valence-electron chi connectivity index (χ0n) is 28.4. The molecule has 1 nitrogen and oxygen atoms in total. The second-order valence-corrected chi connectivity index (χ2v) is 21.5. The molecule has 0 amide bonds.